The van der Waals surface area contributed by atoms with Crippen LogP contribution in [0.2, 0.25) is 0 Å². The van der Waals surface area contributed by atoms with Crippen LogP contribution < -0.4 is 21.7 Å². The van der Waals surface area contributed by atoms with Gasteiger partial charge in [0, 0.05) is 5.75 Å². The van der Waals surface area contributed by atoms with E-state index in [2.05, 4.69) is 28.6 Å². The third kappa shape index (κ3) is 9.62. The third-order valence-corrected chi connectivity index (χ3v) is 4.46. The number of carbonyl (C=O) groups is 4. The van der Waals surface area contributed by atoms with Gasteiger partial charge in [0.1, 0.15) is 12.1 Å². The maximum atomic E-state index is 12.2. The summed E-state index contributed by atoms with van der Waals surface area (Å²) in [6, 6.07) is -2.72. The van der Waals surface area contributed by atoms with E-state index in [9.17, 15) is 19.2 Å². The van der Waals surface area contributed by atoms with Crippen molar-refractivity contribution in [3.8, 4) is 0 Å². The molecule has 4 unspecified atom stereocenters. The molecule has 0 radical (unpaired) electrons. The Kier molecular flexibility index (Phi) is 11.7. The molecule has 0 aromatic heterocycles. The average molecular weight is 405 g/mol. The maximum absolute atomic E-state index is 12.2. The molecule has 10 heteroatoms. The molecule has 0 aromatic carbocycles. The van der Waals surface area contributed by atoms with Crippen molar-refractivity contribution in [3.63, 3.8) is 0 Å². The molecule has 4 atom stereocenters. The van der Waals surface area contributed by atoms with Crippen LogP contribution in [0.1, 0.15) is 40.5 Å². The molecule has 0 aliphatic rings. The molecule has 6 N–H and O–H groups in total. The topological polar surface area (TPSA) is 151 Å². The molecule has 0 rings (SSSR count). The van der Waals surface area contributed by atoms with E-state index in [1.807, 2.05) is 20.8 Å². The van der Waals surface area contributed by atoms with E-state index in [0.717, 1.165) is 0 Å². The smallest absolute Gasteiger partial charge is 0.326 e. The quantitative estimate of drug-likeness (QED) is 0.242. The fraction of sp³-hybridized carbons (Fsp3) is 0.765. The number of rotatable bonds is 12. The predicted octanol–water partition coefficient (Wildman–Crippen LogP) is -0.494. The number of aliphatic carboxylic acids is 1. The Morgan fingerprint density at radius 1 is 1.07 bits per heavy atom. The van der Waals surface area contributed by atoms with E-state index >= 15 is 0 Å². The first kappa shape index (κ1) is 25.2. The molecule has 0 saturated heterocycles. The van der Waals surface area contributed by atoms with Gasteiger partial charge in [0.25, 0.3) is 0 Å². The van der Waals surface area contributed by atoms with Crippen LogP contribution in [-0.4, -0.2) is 59.2 Å². The Labute approximate surface area is 165 Å². The van der Waals surface area contributed by atoms with E-state index in [0.29, 0.717) is 12.8 Å². The van der Waals surface area contributed by atoms with Gasteiger partial charge in [-0.3, -0.25) is 14.4 Å². The van der Waals surface area contributed by atoms with E-state index in [1.54, 1.807) is 6.92 Å². The van der Waals surface area contributed by atoms with Crippen molar-refractivity contribution in [1.29, 1.82) is 0 Å². The molecule has 0 aromatic rings. The molecule has 0 aliphatic carbocycles. The minimum absolute atomic E-state index is 0.0260. The molecule has 0 aliphatic heterocycles. The lowest BCUT2D eigenvalue weighted by molar-refractivity contribution is -0.143. The van der Waals surface area contributed by atoms with Gasteiger partial charge in [0.15, 0.2) is 0 Å². The summed E-state index contributed by atoms with van der Waals surface area (Å²) in [5.41, 5.74) is 5.78. The number of thiol groups is 1. The van der Waals surface area contributed by atoms with Gasteiger partial charge in [-0.1, -0.05) is 34.1 Å². The van der Waals surface area contributed by atoms with Crippen molar-refractivity contribution in [2.75, 3.05) is 12.3 Å². The van der Waals surface area contributed by atoms with Gasteiger partial charge in [-0.05, 0) is 18.3 Å². The molecular formula is C17H32N4O5S. The lowest BCUT2D eigenvalue weighted by Gasteiger charge is -2.21. The molecule has 0 fully saturated rings. The molecule has 0 saturated carbocycles. The second-order valence-electron chi connectivity index (χ2n) is 6.97. The minimum Gasteiger partial charge on any atom is -0.480 e. The van der Waals surface area contributed by atoms with E-state index in [-0.39, 0.29) is 17.6 Å². The number of nitrogens with two attached hydrogens (primary N) is 1. The highest BCUT2D eigenvalue weighted by atomic mass is 32.1. The maximum Gasteiger partial charge on any atom is 0.326 e. The summed E-state index contributed by atoms with van der Waals surface area (Å²) >= 11 is 4.04. The summed E-state index contributed by atoms with van der Waals surface area (Å²) in [7, 11) is 0. The van der Waals surface area contributed by atoms with Crippen LogP contribution in [0.4, 0.5) is 0 Å². The number of carbonyl (C=O) groups excluding carboxylic acids is 3. The number of amides is 3. The summed E-state index contributed by atoms with van der Waals surface area (Å²) in [6.07, 6.45) is 1.05. The number of carboxylic acid groups (broad SMARTS) is 1. The Balaban J connectivity index is 4.61. The number of carboxylic acids is 1. The highest BCUT2D eigenvalue weighted by molar-refractivity contribution is 7.80. The van der Waals surface area contributed by atoms with E-state index in [4.69, 9.17) is 10.8 Å². The zero-order valence-electron chi connectivity index (χ0n) is 16.3. The molecular weight excluding hydrogens is 372 g/mol. The Bertz CT molecular complexity index is 529. The second-order valence-corrected chi connectivity index (χ2v) is 7.33. The first-order valence-corrected chi connectivity index (χ1v) is 9.63. The van der Waals surface area contributed by atoms with Crippen molar-refractivity contribution in [2.45, 2.75) is 58.7 Å². The first-order valence-electron chi connectivity index (χ1n) is 9.00. The molecule has 9 nitrogen and oxygen atoms in total. The number of nitrogens with one attached hydrogen (secondary N) is 3. The second kappa shape index (κ2) is 12.6. The van der Waals surface area contributed by atoms with Gasteiger partial charge < -0.3 is 26.8 Å². The third-order valence-electron chi connectivity index (χ3n) is 4.10. The van der Waals surface area contributed by atoms with Crippen LogP contribution in [0.15, 0.2) is 0 Å². The summed E-state index contributed by atoms with van der Waals surface area (Å²) < 4.78 is 0. The van der Waals surface area contributed by atoms with Crippen LogP contribution in [0, 0.1) is 11.8 Å². The zero-order valence-corrected chi connectivity index (χ0v) is 17.2. The van der Waals surface area contributed by atoms with Gasteiger partial charge in [0.05, 0.1) is 12.6 Å². The monoisotopic (exact) mass is 404 g/mol. The summed E-state index contributed by atoms with van der Waals surface area (Å²) in [4.78, 5) is 47.3. The SMILES string of the molecule is CCC(C)C(NC(=O)CNC(=O)C(CS)NC(=O)C(N)CC(C)C)C(=O)O. The highest BCUT2D eigenvalue weighted by Gasteiger charge is 2.26. The van der Waals surface area contributed by atoms with Crippen molar-refractivity contribution in [3.05, 3.63) is 0 Å². The van der Waals surface area contributed by atoms with Crippen LogP contribution in [0.3, 0.4) is 0 Å². The normalized spacial score (nSPS) is 15.4. The molecule has 0 heterocycles. The highest BCUT2D eigenvalue weighted by Crippen LogP contribution is 2.07. The van der Waals surface area contributed by atoms with E-state index in [1.165, 1.54) is 0 Å². The summed E-state index contributed by atoms with van der Waals surface area (Å²) in [6.45, 7) is 6.98. The predicted molar refractivity (Wildman–Crippen MR) is 105 cm³/mol. The lowest BCUT2D eigenvalue weighted by Crippen LogP contribution is -2.54. The molecule has 0 spiro atoms. The number of hydrogen-bond acceptors (Lipinski definition) is 6. The first-order chi connectivity index (χ1) is 12.5. The molecule has 3 amide bonds. The molecule has 27 heavy (non-hydrogen) atoms. The van der Waals surface area contributed by atoms with Gasteiger partial charge in [-0.25, -0.2) is 4.79 Å². The molecule has 156 valence electrons. The van der Waals surface area contributed by atoms with Gasteiger partial charge in [0.2, 0.25) is 17.7 Å². The van der Waals surface area contributed by atoms with Gasteiger partial charge in [-0.2, -0.15) is 12.6 Å². The Hall–Kier alpha value is -1.81. The van der Waals surface area contributed by atoms with Gasteiger partial charge >= 0.3 is 5.97 Å². The number of hydrogen-bond donors (Lipinski definition) is 6. The van der Waals surface area contributed by atoms with E-state index < -0.39 is 48.4 Å². The van der Waals surface area contributed by atoms with Crippen LogP contribution >= 0.6 is 12.6 Å². The molecule has 0 bridgehead atoms. The minimum atomic E-state index is -1.14. The van der Waals surface area contributed by atoms with Crippen molar-refractivity contribution in [1.82, 2.24) is 16.0 Å². The van der Waals surface area contributed by atoms with Crippen LogP contribution in [-0.2, 0) is 19.2 Å². The average Bonchev–Trinajstić information content (AvgIpc) is 2.60. The fourth-order valence-corrected chi connectivity index (χ4v) is 2.54. The van der Waals surface area contributed by atoms with Crippen molar-refractivity contribution < 1.29 is 24.3 Å². The standard InChI is InChI=1S/C17H32N4O5S/c1-5-10(4)14(17(25)26)21-13(22)7-19-16(24)12(8-27)20-15(23)11(18)6-9(2)3/h9-12,14,27H,5-8,18H2,1-4H3,(H,19,24)(H,20,23)(H,21,22)(H,25,26). The fourth-order valence-electron chi connectivity index (χ4n) is 2.29. The van der Waals surface area contributed by atoms with Crippen molar-refractivity contribution >= 4 is 36.3 Å². The Morgan fingerprint density at radius 2 is 1.67 bits per heavy atom. The summed E-state index contributed by atoms with van der Waals surface area (Å²) in [5.74, 6) is -2.83. The zero-order chi connectivity index (χ0) is 21.1. The van der Waals surface area contributed by atoms with Crippen molar-refractivity contribution in [2.24, 2.45) is 17.6 Å². The van der Waals surface area contributed by atoms with Gasteiger partial charge in [-0.15, -0.1) is 0 Å². The summed E-state index contributed by atoms with van der Waals surface area (Å²) in [5, 5.41) is 16.4. The largest absolute Gasteiger partial charge is 0.480 e. The lowest BCUT2D eigenvalue weighted by atomic mass is 9.99. The van der Waals surface area contributed by atoms with Crippen LogP contribution in [0.5, 0.6) is 0 Å². The Morgan fingerprint density at radius 3 is 2.11 bits per heavy atom. The van der Waals surface area contributed by atoms with Crippen LogP contribution in [0.25, 0.3) is 0 Å².